The Hall–Kier alpha value is -2.89. The van der Waals surface area contributed by atoms with Crippen LogP contribution in [0.1, 0.15) is 43.9 Å². The standard InChI is InChI=1S/C22H25N3O3/c1-16-9-11-22(12-10-16)24-20(17-6-3-2-4-7-17)21(27)25(22)15-19(26)23-14-18-8-5-13-28-18/h2-8,13,16H,9-12,14-15H2,1H3,(H,23,26). The SMILES string of the molecule is CC1CCC2(CC1)N=C(c1ccccc1)C(=O)N2CC(=O)NCc1ccco1. The Balaban J connectivity index is 1.54. The number of furan rings is 1. The largest absolute Gasteiger partial charge is 0.467 e. The summed E-state index contributed by atoms with van der Waals surface area (Å²) in [5, 5.41) is 2.84. The van der Waals surface area contributed by atoms with Crippen LogP contribution in [0.5, 0.6) is 0 Å². The molecule has 0 bridgehead atoms. The smallest absolute Gasteiger partial charge is 0.275 e. The maximum atomic E-state index is 13.2. The van der Waals surface area contributed by atoms with Gasteiger partial charge in [-0.2, -0.15) is 0 Å². The number of carbonyl (C=O) groups is 2. The summed E-state index contributed by atoms with van der Waals surface area (Å²) in [5.41, 5.74) is 0.675. The third kappa shape index (κ3) is 3.59. The third-order valence-electron chi connectivity index (χ3n) is 5.73. The molecule has 0 radical (unpaired) electrons. The molecule has 146 valence electrons. The van der Waals surface area contributed by atoms with E-state index in [9.17, 15) is 9.59 Å². The summed E-state index contributed by atoms with van der Waals surface area (Å²) in [7, 11) is 0. The lowest BCUT2D eigenvalue weighted by Gasteiger charge is -2.40. The van der Waals surface area contributed by atoms with E-state index in [4.69, 9.17) is 9.41 Å². The molecule has 0 unspecified atom stereocenters. The van der Waals surface area contributed by atoms with Crippen molar-refractivity contribution in [3.8, 4) is 0 Å². The molecule has 1 saturated carbocycles. The van der Waals surface area contributed by atoms with E-state index in [0.29, 0.717) is 23.9 Å². The predicted molar refractivity (Wildman–Crippen MR) is 106 cm³/mol. The van der Waals surface area contributed by atoms with E-state index in [1.165, 1.54) is 0 Å². The zero-order valence-corrected chi connectivity index (χ0v) is 16.1. The lowest BCUT2D eigenvalue weighted by Crippen LogP contribution is -2.52. The normalized spacial score (nSPS) is 24.5. The van der Waals surface area contributed by atoms with Crippen LogP contribution in [0.15, 0.2) is 58.1 Å². The van der Waals surface area contributed by atoms with Crippen molar-refractivity contribution < 1.29 is 14.0 Å². The Bertz CT molecular complexity index is 866. The topological polar surface area (TPSA) is 74.9 Å². The highest BCUT2D eigenvalue weighted by atomic mass is 16.3. The molecule has 2 aromatic rings. The molecule has 1 N–H and O–H groups in total. The van der Waals surface area contributed by atoms with E-state index in [2.05, 4.69) is 12.2 Å². The highest BCUT2D eigenvalue weighted by Gasteiger charge is 2.49. The van der Waals surface area contributed by atoms with Gasteiger partial charge in [-0.05, 0) is 43.7 Å². The van der Waals surface area contributed by atoms with Gasteiger partial charge in [-0.1, -0.05) is 37.3 Å². The lowest BCUT2D eigenvalue weighted by atomic mass is 9.82. The second-order valence-corrected chi connectivity index (χ2v) is 7.74. The van der Waals surface area contributed by atoms with E-state index in [0.717, 1.165) is 31.2 Å². The summed E-state index contributed by atoms with van der Waals surface area (Å²) in [4.78, 5) is 32.4. The van der Waals surface area contributed by atoms with E-state index >= 15 is 0 Å². The minimum Gasteiger partial charge on any atom is -0.467 e. The fourth-order valence-corrected chi connectivity index (χ4v) is 4.04. The molecule has 1 fully saturated rings. The molecule has 4 rings (SSSR count). The van der Waals surface area contributed by atoms with Crippen LogP contribution >= 0.6 is 0 Å². The number of aliphatic imine (C=N–C) groups is 1. The molecule has 1 aromatic carbocycles. The van der Waals surface area contributed by atoms with Crippen LogP contribution in [0.4, 0.5) is 0 Å². The quantitative estimate of drug-likeness (QED) is 0.867. The number of nitrogens with one attached hydrogen (secondary N) is 1. The first kappa shape index (κ1) is 18.5. The maximum absolute atomic E-state index is 13.2. The Morgan fingerprint density at radius 3 is 2.64 bits per heavy atom. The number of hydrogen-bond acceptors (Lipinski definition) is 4. The summed E-state index contributed by atoms with van der Waals surface area (Å²) >= 11 is 0. The highest BCUT2D eigenvalue weighted by molar-refractivity contribution is 6.47. The van der Waals surface area contributed by atoms with Gasteiger partial charge >= 0.3 is 0 Å². The number of hydrogen-bond donors (Lipinski definition) is 1. The van der Waals surface area contributed by atoms with Crippen LogP contribution < -0.4 is 5.32 Å². The first-order valence-corrected chi connectivity index (χ1v) is 9.84. The zero-order chi connectivity index (χ0) is 19.6. The minimum absolute atomic E-state index is 0.00769. The number of amides is 2. The summed E-state index contributed by atoms with van der Waals surface area (Å²) < 4.78 is 5.25. The molecule has 2 aliphatic rings. The van der Waals surface area contributed by atoms with Gasteiger partial charge in [0.15, 0.2) is 0 Å². The van der Waals surface area contributed by atoms with Gasteiger partial charge in [-0.3, -0.25) is 14.6 Å². The number of nitrogens with zero attached hydrogens (tertiary/aromatic N) is 2. The Morgan fingerprint density at radius 2 is 1.96 bits per heavy atom. The minimum atomic E-state index is -0.600. The van der Waals surface area contributed by atoms with Crippen LogP contribution in [0.3, 0.4) is 0 Å². The van der Waals surface area contributed by atoms with Crippen LogP contribution in [-0.2, 0) is 16.1 Å². The van der Waals surface area contributed by atoms with E-state index < -0.39 is 5.66 Å². The Kier molecular flexibility index (Phi) is 5.03. The van der Waals surface area contributed by atoms with Gasteiger partial charge in [0, 0.05) is 5.56 Å². The average Bonchev–Trinajstić information content (AvgIpc) is 3.32. The molecule has 0 saturated heterocycles. The van der Waals surface area contributed by atoms with E-state index in [1.807, 2.05) is 36.4 Å². The van der Waals surface area contributed by atoms with E-state index in [-0.39, 0.29) is 18.4 Å². The molecule has 28 heavy (non-hydrogen) atoms. The van der Waals surface area contributed by atoms with Gasteiger partial charge in [0.2, 0.25) is 5.91 Å². The Morgan fingerprint density at radius 1 is 1.21 bits per heavy atom. The molecule has 2 heterocycles. The second kappa shape index (κ2) is 7.62. The molecule has 1 aromatic heterocycles. The fourth-order valence-electron chi connectivity index (χ4n) is 4.04. The van der Waals surface area contributed by atoms with Crippen molar-refractivity contribution >= 4 is 17.5 Å². The van der Waals surface area contributed by atoms with Crippen LogP contribution in [-0.4, -0.2) is 34.6 Å². The van der Waals surface area contributed by atoms with Crippen molar-refractivity contribution in [3.63, 3.8) is 0 Å². The van der Waals surface area contributed by atoms with Gasteiger partial charge in [0.25, 0.3) is 5.91 Å². The molecule has 2 amide bonds. The van der Waals surface area contributed by atoms with Crippen molar-refractivity contribution in [3.05, 3.63) is 60.1 Å². The van der Waals surface area contributed by atoms with Crippen LogP contribution in [0, 0.1) is 5.92 Å². The van der Waals surface area contributed by atoms with Crippen molar-refractivity contribution in [2.24, 2.45) is 10.9 Å². The van der Waals surface area contributed by atoms with Crippen molar-refractivity contribution in [2.75, 3.05) is 6.54 Å². The molecule has 6 heteroatoms. The molecule has 1 aliphatic heterocycles. The van der Waals surface area contributed by atoms with Crippen molar-refractivity contribution in [1.82, 2.24) is 10.2 Å². The first-order valence-electron chi connectivity index (χ1n) is 9.84. The third-order valence-corrected chi connectivity index (χ3v) is 5.73. The van der Waals surface area contributed by atoms with Crippen molar-refractivity contribution in [2.45, 2.75) is 44.8 Å². The highest BCUT2D eigenvalue weighted by Crippen LogP contribution is 2.41. The predicted octanol–water partition coefficient (Wildman–Crippen LogP) is 3.13. The number of rotatable bonds is 5. The van der Waals surface area contributed by atoms with Gasteiger partial charge in [0.1, 0.15) is 23.7 Å². The molecule has 0 atom stereocenters. The molecular weight excluding hydrogens is 354 g/mol. The monoisotopic (exact) mass is 379 g/mol. The van der Waals surface area contributed by atoms with Crippen molar-refractivity contribution in [1.29, 1.82) is 0 Å². The summed E-state index contributed by atoms with van der Waals surface area (Å²) in [5.74, 6) is 0.941. The van der Waals surface area contributed by atoms with Gasteiger partial charge in [-0.15, -0.1) is 0 Å². The molecule has 1 spiro atoms. The molecular formula is C22H25N3O3. The maximum Gasteiger partial charge on any atom is 0.275 e. The zero-order valence-electron chi connectivity index (χ0n) is 16.1. The van der Waals surface area contributed by atoms with Gasteiger partial charge in [0.05, 0.1) is 12.8 Å². The van der Waals surface area contributed by atoms with Gasteiger partial charge in [-0.25, -0.2) is 0 Å². The summed E-state index contributed by atoms with van der Waals surface area (Å²) in [6.07, 6.45) is 5.17. The lowest BCUT2D eigenvalue weighted by molar-refractivity contribution is -0.136. The average molecular weight is 379 g/mol. The summed E-state index contributed by atoms with van der Waals surface area (Å²) in [6, 6.07) is 13.1. The molecule has 6 nitrogen and oxygen atoms in total. The van der Waals surface area contributed by atoms with Crippen LogP contribution in [0.2, 0.25) is 0 Å². The summed E-state index contributed by atoms with van der Waals surface area (Å²) in [6.45, 7) is 2.55. The fraction of sp³-hybridized carbons (Fsp3) is 0.409. The van der Waals surface area contributed by atoms with Gasteiger partial charge < -0.3 is 14.6 Å². The number of benzene rings is 1. The Labute approximate surface area is 164 Å². The van der Waals surface area contributed by atoms with Crippen LogP contribution in [0.25, 0.3) is 0 Å². The molecule has 1 aliphatic carbocycles. The van der Waals surface area contributed by atoms with E-state index in [1.54, 1.807) is 17.2 Å². The number of carbonyl (C=O) groups excluding carboxylic acids is 2. The second-order valence-electron chi connectivity index (χ2n) is 7.74. The first-order chi connectivity index (χ1) is 13.6.